The van der Waals surface area contributed by atoms with Crippen LogP contribution in [0.4, 0.5) is 5.69 Å². The van der Waals surface area contributed by atoms with Crippen LogP contribution in [0.15, 0.2) is 85.3 Å². The molecular weight excluding hydrogens is 372 g/mol. The van der Waals surface area contributed by atoms with Gasteiger partial charge in [0.15, 0.2) is 0 Å². The molecule has 0 atom stereocenters. The standard InChI is InChI=1S/C25H20N4O/c1-17-10-11-20(23-16-29-13-5-12-26-25(29)28-23)14-22(17)27-24(30)15-19-8-4-7-18-6-2-3-9-21(18)19/h2-14,16H,15H2,1H3,(H,27,30). The monoisotopic (exact) mass is 392 g/mol. The zero-order valence-corrected chi connectivity index (χ0v) is 16.5. The quantitative estimate of drug-likeness (QED) is 0.466. The van der Waals surface area contributed by atoms with E-state index in [4.69, 9.17) is 0 Å². The fraction of sp³-hybridized carbons (Fsp3) is 0.0800. The first-order chi connectivity index (χ1) is 14.7. The SMILES string of the molecule is Cc1ccc(-c2cn3cccnc3n2)cc1NC(=O)Cc1cccc2ccccc12. The summed E-state index contributed by atoms with van der Waals surface area (Å²) < 4.78 is 1.88. The normalized spacial score (nSPS) is 11.1. The largest absolute Gasteiger partial charge is 0.326 e. The second kappa shape index (κ2) is 7.44. The van der Waals surface area contributed by atoms with Crippen LogP contribution in [0.2, 0.25) is 0 Å². The Hall–Kier alpha value is -3.99. The van der Waals surface area contributed by atoms with Crippen molar-refractivity contribution in [2.24, 2.45) is 0 Å². The topological polar surface area (TPSA) is 59.3 Å². The predicted molar refractivity (Wildman–Crippen MR) is 119 cm³/mol. The van der Waals surface area contributed by atoms with Gasteiger partial charge < -0.3 is 5.32 Å². The van der Waals surface area contributed by atoms with Crippen molar-refractivity contribution in [3.8, 4) is 11.3 Å². The number of fused-ring (bicyclic) bond motifs is 2. The Morgan fingerprint density at radius 1 is 1.03 bits per heavy atom. The number of rotatable bonds is 4. The van der Waals surface area contributed by atoms with Crippen molar-refractivity contribution in [1.82, 2.24) is 14.4 Å². The molecule has 0 unspecified atom stereocenters. The summed E-state index contributed by atoms with van der Waals surface area (Å²) in [7, 11) is 0. The first kappa shape index (κ1) is 18.1. The van der Waals surface area contributed by atoms with E-state index in [1.54, 1.807) is 6.20 Å². The number of hydrogen-bond acceptors (Lipinski definition) is 3. The number of amides is 1. The van der Waals surface area contributed by atoms with E-state index < -0.39 is 0 Å². The van der Waals surface area contributed by atoms with E-state index in [9.17, 15) is 4.79 Å². The van der Waals surface area contributed by atoms with Crippen LogP contribution in [0.5, 0.6) is 0 Å². The number of aryl methyl sites for hydroxylation is 1. The Bertz CT molecular complexity index is 1350. The molecule has 0 saturated carbocycles. The number of hydrogen-bond donors (Lipinski definition) is 1. The maximum Gasteiger partial charge on any atom is 0.234 e. The zero-order chi connectivity index (χ0) is 20.5. The lowest BCUT2D eigenvalue weighted by atomic mass is 10.0. The molecule has 3 aromatic carbocycles. The summed E-state index contributed by atoms with van der Waals surface area (Å²) in [5.74, 6) is 0.609. The third-order valence-corrected chi connectivity index (χ3v) is 5.27. The molecule has 30 heavy (non-hydrogen) atoms. The van der Waals surface area contributed by atoms with Gasteiger partial charge in [-0.1, -0.05) is 54.6 Å². The maximum absolute atomic E-state index is 12.8. The molecule has 0 aliphatic carbocycles. The van der Waals surface area contributed by atoms with Gasteiger partial charge in [-0.3, -0.25) is 9.20 Å². The lowest BCUT2D eigenvalue weighted by Crippen LogP contribution is -2.15. The van der Waals surface area contributed by atoms with E-state index >= 15 is 0 Å². The molecule has 1 N–H and O–H groups in total. The minimum atomic E-state index is -0.0386. The summed E-state index contributed by atoms with van der Waals surface area (Å²) in [5, 5.41) is 5.33. The highest BCUT2D eigenvalue weighted by atomic mass is 16.1. The van der Waals surface area contributed by atoms with Crippen molar-refractivity contribution in [1.29, 1.82) is 0 Å². The molecule has 2 aromatic heterocycles. The van der Waals surface area contributed by atoms with Crippen LogP contribution in [-0.4, -0.2) is 20.3 Å². The number of aromatic nitrogens is 3. The molecule has 0 spiro atoms. The molecule has 5 aromatic rings. The van der Waals surface area contributed by atoms with E-state index in [2.05, 4.69) is 33.5 Å². The predicted octanol–water partition coefficient (Wildman–Crippen LogP) is 5.04. The second-order valence-electron chi connectivity index (χ2n) is 7.35. The van der Waals surface area contributed by atoms with Gasteiger partial charge in [-0.25, -0.2) is 9.97 Å². The van der Waals surface area contributed by atoms with Gasteiger partial charge in [-0.05, 0) is 41.0 Å². The van der Waals surface area contributed by atoms with Gasteiger partial charge in [-0.15, -0.1) is 0 Å². The lowest BCUT2D eigenvalue weighted by molar-refractivity contribution is -0.115. The second-order valence-corrected chi connectivity index (χ2v) is 7.35. The van der Waals surface area contributed by atoms with Crippen molar-refractivity contribution in [3.05, 3.63) is 96.4 Å². The van der Waals surface area contributed by atoms with E-state index in [-0.39, 0.29) is 5.91 Å². The summed E-state index contributed by atoms with van der Waals surface area (Å²) in [5.41, 5.74) is 4.57. The van der Waals surface area contributed by atoms with Gasteiger partial charge in [0, 0.05) is 29.8 Å². The highest BCUT2D eigenvalue weighted by molar-refractivity contribution is 5.97. The summed E-state index contributed by atoms with van der Waals surface area (Å²) in [4.78, 5) is 21.7. The molecular formula is C25H20N4O. The molecule has 0 radical (unpaired) electrons. The summed E-state index contributed by atoms with van der Waals surface area (Å²) >= 11 is 0. The van der Waals surface area contributed by atoms with Crippen molar-refractivity contribution >= 4 is 28.1 Å². The highest BCUT2D eigenvalue weighted by Gasteiger charge is 2.11. The molecule has 0 fully saturated rings. The number of imidazole rings is 1. The smallest absolute Gasteiger partial charge is 0.234 e. The number of nitrogens with zero attached hydrogens (tertiary/aromatic N) is 3. The van der Waals surface area contributed by atoms with Crippen molar-refractivity contribution in [3.63, 3.8) is 0 Å². The van der Waals surface area contributed by atoms with Gasteiger partial charge in [-0.2, -0.15) is 0 Å². The third-order valence-electron chi connectivity index (χ3n) is 5.27. The zero-order valence-electron chi connectivity index (χ0n) is 16.5. The van der Waals surface area contributed by atoms with Gasteiger partial charge in [0.2, 0.25) is 11.7 Å². The molecule has 0 saturated heterocycles. The molecule has 1 amide bonds. The fourth-order valence-corrected chi connectivity index (χ4v) is 3.70. The van der Waals surface area contributed by atoms with Crippen LogP contribution < -0.4 is 5.32 Å². The fourth-order valence-electron chi connectivity index (χ4n) is 3.70. The van der Waals surface area contributed by atoms with Gasteiger partial charge in [0.05, 0.1) is 12.1 Å². The Balaban J connectivity index is 1.41. The Labute approximate surface area is 174 Å². The molecule has 146 valence electrons. The van der Waals surface area contributed by atoms with E-state index in [1.165, 1.54) is 0 Å². The van der Waals surface area contributed by atoms with Crippen molar-refractivity contribution in [2.75, 3.05) is 5.32 Å². The van der Waals surface area contributed by atoms with Gasteiger partial charge in [0.1, 0.15) is 0 Å². The molecule has 5 heteroatoms. The van der Waals surface area contributed by atoms with Crippen LogP contribution in [0.3, 0.4) is 0 Å². The van der Waals surface area contributed by atoms with Gasteiger partial charge in [0.25, 0.3) is 0 Å². The lowest BCUT2D eigenvalue weighted by Gasteiger charge is -2.11. The number of carbonyl (C=O) groups excluding carboxylic acids is 1. The Kier molecular flexibility index (Phi) is 4.48. The molecule has 0 bridgehead atoms. The van der Waals surface area contributed by atoms with E-state index in [1.807, 2.05) is 72.2 Å². The molecule has 5 nitrogen and oxygen atoms in total. The number of nitrogens with one attached hydrogen (secondary N) is 1. The van der Waals surface area contributed by atoms with Crippen molar-refractivity contribution < 1.29 is 4.79 Å². The van der Waals surface area contributed by atoms with E-state index in [0.29, 0.717) is 12.2 Å². The average molecular weight is 392 g/mol. The highest BCUT2D eigenvalue weighted by Crippen LogP contribution is 2.26. The van der Waals surface area contributed by atoms with Crippen LogP contribution in [0.25, 0.3) is 27.8 Å². The summed E-state index contributed by atoms with van der Waals surface area (Å²) in [6.45, 7) is 1.99. The van der Waals surface area contributed by atoms with Gasteiger partial charge >= 0.3 is 0 Å². The third kappa shape index (κ3) is 3.42. The average Bonchev–Trinajstić information content (AvgIpc) is 3.20. The summed E-state index contributed by atoms with van der Waals surface area (Å²) in [6.07, 6.45) is 5.90. The minimum Gasteiger partial charge on any atom is -0.326 e. The molecule has 0 aliphatic rings. The Morgan fingerprint density at radius 2 is 1.90 bits per heavy atom. The van der Waals surface area contributed by atoms with Crippen molar-refractivity contribution in [2.45, 2.75) is 13.3 Å². The first-order valence-electron chi connectivity index (χ1n) is 9.84. The van der Waals surface area contributed by atoms with Crippen LogP contribution in [0.1, 0.15) is 11.1 Å². The number of benzene rings is 3. The van der Waals surface area contributed by atoms with E-state index in [0.717, 1.165) is 38.8 Å². The summed E-state index contributed by atoms with van der Waals surface area (Å²) in [6, 6.07) is 22.0. The first-order valence-corrected chi connectivity index (χ1v) is 9.84. The van der Waals surface area contributed by atoms with Crippen LogP contribution in [0, 0.1) is 6.92 Å². The minimum absolute atomic E-state index is 0.0386. The Morgan fingerprint density at radius 3 is 2.80 bits per heavy atom. The van der Waals surface area contributed by atoms with Crippen LogP contribution in [-0.2, 0) is 11.2 Å². The number of anilines is 1. The maximum atomic E-state index is 12.8. The number of carbonyl (C=O) groups is 1. The molecule has 2 heterocycles. The molecule has 0 aliphatic heterocycles. The van der Waals surface area contributed by atoms with Crippen LogP contribution >= 0.6 is 0 Å². The molecule has 5 rings (SSSR count).